The minimum atomic E-state index is -0.251. The maximum absolute atomic E-state index is 13.3. The van der Waals surface area contributed by atoms with Crippen molar-refractivity contribution in [2.45, 2.75) is 25.0 Å². The third-order valence-electron chi connectivity index (χ3n) is 4.37. The van der Waals surface area contributed by atoms with E-state index < -0.39 is 0 Å². The minimum Gasteiger partial charge on any atom is -0.377 e. The van der Waals surface area contributed by atoms with Crippen molar-refractivity contribution in [3.05, 3.63) is 59.9 Å². The Morgan fingerprint density at radius 1 is 1.28 bits per heavy atom. The number of likely N-dealkylation sites (N-methyl/N-ethyl adjacent to an activating group) is 1. The van der Waals surface area contributed by atoms with E-state index in [1.165, 1.54) is 12.1 Å². The molecule has 134 valence electrons. The maximum atomic E-state index is 13.3. The Balaban J connectivity index is 1.62. The van der Waals surface area contributed by atoms with Crippen LogP contribution in [-0.2, 0) is 9.47 Å². The van der Waals surface area contributed by atoms with Crippen LogP contribution in [0.15, 0.2) is 42.7 Å². The van der Waals surface area contributed by atoms with Gasteiger partial charge in [-0.25, -0.2) is 14.4 Å². The molecule has 2 aromatic rings. The number of halogens is 1. The molecule has 5 nitrogen and oxygen atoms in total. The molecule has 1 fully saturated rings. The zero-order valence-corrected chi connectivity index (χ0v) is 14.5. The lowest BCUT2D eigenvalue weighted by atomic mass is 10.0. The standard InChI is InChI=1S/C19H24FN3O2/c1-23(11-13-24-14-17-4-2-12-25-17)18(19-21-9-3-10-22-19)15-5-7-16(20)8-6-15/h3,5-10,17-18H,2,4,11-14H2,1H3/t17-,18-/m0/s1. The Bertz CT molecular complexity index is 633. The second-order valence-electron chi connectivity index (χ2n) is 6.25. The van der Waals surface area contributed by atoms with Gasteiger partial charge in [-0.15, -0.1) is 0 Å². The zero-order valence-electron chi connectivity index (χ0n) is 14.5. The van der Waals surface area contributed by atoms with E-state index in [0.717, 1.165) is 25.0 Å². The van der Waals surface area contributed by atoms with E-state index in [-0.39, 0.29) is 18.0 Å². The average Bonchev–Trinajstić information content (AvgIpc) is 3.15. The highest BCUT2D eigenvalue weighted by atomic mass is 19.1. The van der Waals surface area contributed by atoms with Gasteiger partial charge in [0.15, 0.2) is 0 Å². The van der Waals surface area contributed by atoms with Gasteiger partial charge in [0.2, 0.25) is 0 Å². The summed E-state index contributed by atoms with van der Waals surface area (Å²) in [5, 5.41) is 0. The first-order valence-corrected chi connectivity index (χ1v) is 8.66. The van der Waals surface area contributed by atoms with Gasteiger partial charge in [-0.1, -0.05) is 12.1 Å². The van der Waals surface area contributed by atoms with Gasteiger partial charge < -0.3 is 9.47 Å². The van der Waals surface area contributed by atoms with Crippen molar-refractivity contribution in [1.29, 1.82) is 0 Å². The van der Waals surface area contributed by atoms with Crippen molar-refractivity contribution in [2.24, 2.45) is 0 Å². The van der Waals surface area contributed by atoms with E-state index in [4.69, 9.17) is 9.47 Å². The summed E-state index contributed by atoms with van der Waals surface area (Å²) in [4.78, 5) is 10.9. The molecule has 0 amide bonds. The molecule has 1 aliphatic heterocycles. The number of benzene rings is 1. The molecule has 0 radical (unpaired) electrons. The molecule has 1 aliphatic rings. The summed E-state index contributed by atoms with van der Waals surface area (Å²) < 4.78 is 24.6. The van der Waals surface area contributed by atoms with E-state index in [2.05, 4.69) is 14.9 Å². The first-order valence-electron chi connectivity index (χ1n) is 8.66. The van der Waals surface area contributed by atoms with Crippen molar-refractivity contribution in [2.75, 3.05) is 33.4 Å². The molecule has 0 bridgehead atoms. The van der Waals surface area contributed by atoms with E-state index in [9.17, 15) is 4.39 Å². The highest BCUT2D eigenvalue weighted by molar-refractivity contribution is 5.25. The fourth-order valence-corrected chi connectivity index (χ4v) is 3.03. The SMILES string of the molecule is CN(CCOC[C@@H]1CCCO1)[C@@H](c1ccc(F)cc1)c1ncccn1. The average molecular weight is 345 g/mol. The molecular formula is C19H24FN3O2. The van der Waals surface area contributed by atoms with Crippen LogP contribution in [0.4, 0.5) is 4.39 Å². The van der Waals surface area contributed by atoms with Crippen LogP contribution in [0.25, 0.3) is 0 Å². The number of hydrogen-bond acceptors (Lipinski definition) is 5. The molecule has 0 saturated carbocycles. The molecular weight excluding hydrogens is 321 g/mol. The van der Waals surface area contributed by atoms with Crippen LogP contribution >= 0.6 is 0 Å². The van der Waals surface area contributed by atoms with Crippen LogP contribution < -0.4 is 0 Å². The van der Waals surface area contributed by atoms with Gasteiger partial charge in [0.1, 0.15) is 11.6 Å². The third-order valence-corrected chi connectivity index (χ3v) is 4.37. The van der Waals surface area contributed by atoms with Crippen molar-refractivity contribution < 1.29 is 13.9 Å². The molecule has 1 saturated heterocycles. The molecule has 2 atom stereocenters. The molecule has 25 heavy (non-hydrogen) atoms. The monoisotopic (exact) mass is 345 g/mol. The zero-order chi connectivity index (χ0) is 17.5. The van der Waals surface area contributed by atoms with Gasteiger partial charge in [0.05, 0.1) is 25.4 Å². The van der Waals surface area contributed by atoms with Gasteiger partial charge in [-0.3, -0.25) is 4.90 Å². The van der Waals surface area contributed by atoms with Crippen LogP contribution in [0.5, 0.6) is 0 Å². The van der Waals surface area contributed by atoms with Crippen LogP contribution in [0.3, 0.4) is 0 Å². The smallest absolute Gasteiger partial charge is 0.149 e. The Morgan fingerprint density at radius 2 is 2.04 bits per heavy atom. The first kappa shape index (κ1) is 17.9. The summed E-state index contributed by atoms with van der Waals surface area (Å²) in [6, 6.07) is 8.13. The van der Waals surface area contributed by atoms with Gasteiger partial charge in [0, 0.05) is 25.5 Å². The fraction of sp³-hybridized carbons (Fsp3) is 0.474. The predicted octanol–water partition coefficient (Wildman–Crippen LogP) is 2.83. The summed E-state index contributed by atoms with van der Waals surface area (Å²) in [5.41, 5.74) is 0.953. The molecule has 0 spiro atoms. The predicted molar refractivity (Wildman–Crippen MR) is 92.7 cm³/mol. The van der Waals surface area contributed by atoms with Gasteiger partial charge >= 0.3 is 0 Å². The number of hydrogen-bond donors (Lipinski definition) is 0. The van der Waals surface area contributed by atoms with Crippen molar-refractivity contribution >= 4 is 0 Å². The first-order chi connectivity index (χ1) is 12.2. The highest BCUT2D eigenvalue weighted by Gasteiger charge is 2.22. The molecule has 0 unspecified atom stereocenters. The van der Waals surface area contributed by atoms with E-state index in [1.54, 1.807) is 30.6 Å². The Kier molecular flexibility index (Phi) is 6.44. The van der Waals surface area contributed by atoms with Crippen LogP contribution in [0.1, 0.15) is 30.3 Å². The summed E-state index contributed by atoms with van der Waals surface area (Å²) in [6.45, 7) is 2.79. The van der Waals surface area contributed by atoms with Gasteiger partial charge in [-0.05, 0) is 43.7 Å². The Hall–Kier alpha value is -1.89. The van der Waals surface area contributed by atoms with Crippen molar-refractivity contribution in [3.8, 4) is 0 Å². The largest absolute Gasteiger partial charge is 0.377 e. The summed E-state index contributed by atoms with van der Waals surface area (Å²) in [5.74, 6) is 0.440. The summed E-state index contributed by atoms with van der Waals surface area (Å²) in [7, 11) is 2.00. The molecule has 0 N–H and O–H groups in total. The van der Waals surface area contributed by atoms with Crippen LogP contribution in [-0.4, -0.2) is 54.4 Å². The van der Waals surface area contributed by atoms with Crippen molar-refractivity contribution in [3.63, 3.8) is 0 Å². The molecule has 2 heterocycles. The summed E-state index contributed by atoms with van der Waals surface area (Å²) >= 11 is 0. The Morgan fingerprint density at radius 3 is 2.72 bits per heavy atom. The molecule has 1 aromatic heterocycles. The van der Waals surface area contributed by atoms with Crippen LogP contribution in [0, 0.1) is 5.82 Å². The number of ether oxygens (including phenoxy) is 2. The maximum Gasteiger partial charge on any atom is 0.149 e. The topological polar surface area (TPSA) is 47.5 Å². The molecule has 6 heteroatoms. The summed E-state index contributed by atoms with van der Waals surface area (Å²) in [6.07, 6.45) is 5.87. The molecule has 1 aromatic carbocycles. The highest BCUT2D eigenvalue weighted by Crippen LogP contribution is 2.24. The van der Waals surface area contributed by atoms with Gasteiger partial charge in [0.25, 0.3) is 0 Å². The number of rotatable bonds is 8. The lowest BCUT2D eigenvalue weighted by Gasteiger charge is -2.27. The van der Waals surface area contributed by atoms with E-state index >= 15 is 0 Å². The lowest BCUT2D eigenvalue weighted by Crippen LogP contribution is -2.31. The van der Waals surface area contributed by atoms with E-state index in [1.807, 2.05) is 7.05 Å². The minimum absolute atomic E-state index is 0.145. The third kappa shape index (κ3) is 5.04. The molecule has 0 aliphatic carbocycles. The lowest BCUT2D eigenvalue weighted by molar-refractivity contribution is 0.0102. The number of nitrogens with zero attached hydrogens (tertiary/aromatic N) is 3. The second kappa shape index (κ2) is 8.99. The number of aromatic nitrogens is 2. The van der Waals surface area contributed by atoms with Crippen molar-refractivity contribution in [1.82, 2.24) is 14.9 Å². The van der Waals surface area contributed by atoms with E-state index in [0.29, 0.717) is 25.6 Å². The van der Waals surface area contributed by atoms with Crippen LogP contribution in [0.2, 0.25) is 0 Å². The fourth-order valence-electron chi connectivity index (χ4n) is 3.03. The van der Waals surface area contributed by atoms with Gasteiger partial charge in [-0.2, -0.15) is 0 Å². The normalized spacial score (nSPS) is 18.6. The second-order valence-corrected chi connectivity index (χ2v) is 6.25. The Labute approximate surface area is 147 Å². The quantitative estimate of drug-likeness (QED) is 0.689. The molecule has 3 rings (SSSR count).